The van der Waals surface area contributed by atoms with Crippen molar-refractivity contribution in [2.45, 2.75) is 6.54 Å². The molecule has 1 heterocycles. The number of thiol groups is 1. The van der Waals surface area contributed by atoms with E-state index in [-0.39, 0.29) is 0 Å². The molecule has 4 nitrogen and oxygen atoms in total. The SMILES string of the molecule is CN(CCS)CC[n+]1ccc(C=NN(C)c2ccccc2)cc1. The first-order chi connectivity index (χ1) is 11.2. The molecule has 0 amide bonds. The van der Waals surface area contributed by atoms with Gasteiger partial charge in [-0.1, -0.05) is 18.2 Å². The monoisotopic (exact) mass is 329 g/mol. The molecular weight excluding hydrogens is 304 g/mol. The van der Waals surface area contributed by atoms with Crippen LogP contribution in [0.15, 0.2) is 60.0 Å². The first-order valence-corrected chi connectivity index (χ1v) is 8.43. The molecule has 5 heteroatoms. The number of para-hydroxylation sites is 1. The molecule has 23 heavy (non-hydrogen) atoms. The van der Waals surface area contributed by atoms with Crippen molar-refractivity contribution in [1.29, 1.82) is 0 Å². The van der Waals surface area contributed by atoms with E-state index in [2.05, 4.69) is 58.8 Å². The Balaban J connectivity index is 1.88. The number of hydrogen-bond acceptors (Lipinski definition) is 4. The molecule has 1 aromatic heterocycles. The third-order valence-electron chi connectivity index (χ3n) is 3.65. The van der Waals surface area contributed by atoms with Crippen molar-refractivity contribution in [3.63, 3.8) is 0 Å². The summed E-state index contributed by atoms with van der Waals surface area (Å²) >= 11 is 4.25. The van der Waals surface area contributed by atoms with Crippen LogP contribution in [-0.4, -0.2) is 44.1 Å². The first-order valence-electron chi connectivity index (χ1n) is 7.80. The second-order valence-electron chi connectivity index (χ2n) is 5.50. The molecule has 122 valence electrons. The topological polar surface area (TPSA) is 22.7 Å². The van der Waals surface area contributed by atoms with Crippen LogP contribution in [0.3, 0.4) is 0 Å². The van der Waals surface area contributed by atoms with Gasteiger partial charge in [-0.3, -0.25) is 9.91 Å². The van der Waals surface area contributed by atoms with Crippen molar-refractivity contribution in [3.8, 4) is 0 Å². The highest BCUT2D eigenvalue weighted by Crippen LogP contribution is 2.10. The molecule has 0 saturated heterocycles. The summed E-state index contributed by atoms with van der Waals surface area (Å²) in [5.74, 6) is 0.894. The molecule has 0 bridgehead atoms. The molecule has 0 unspecified atom stereocenters. The van der Waals surface area contributed by atoms with E-state index < -0.39 is 0 Å². The van der Waals surface area contributed by atoms with Gasteiger partial charge in [0.05, 0.1) is 18.4 Å². The Hall–Kier alpha value is -1.85. The van der Waals surface area contributed by atoms with Gasteiger partial charge in [0.2, 0.25) is 0 Å². The Kier molecular flexibility index (Phi) is 7.10. The van der Waals surface area contributed by atoms with E-state index in [0.717, 1.165) is 36.6 Å². The summed E-state index contributed by atoms with van der Waals surface area (Å²) in [6, 6.07) is 14.3. The lowest BCUT2D eigenvalue weighted by Gasteiger charge is -2.12. The highest BCUT2D eigenvalue weighted by atomic mass is 32.1. The number of hydrogen-bond donors (Lipinski definition) is 1. The molecule has 0 aliphatic rings. The summed E-state index contributed by atoms with van der Waals surface area (Å²) in [6.45, 7) is 3.02. The van der Waals surface area contributed by atoms with E-state index >= 15 is 0 Å². The van der Waals surface area contributed by atoms with Gasteiger partial charge >= 0.3 is 0 Å². The van der Waals surface area contributed by atoms with Gasteiger partial charge in [-0.05, 0) is 19.2 Å². The summed E-state index contributed by atoms with van der Waals surface area (Å²) in [7, 11) is 4.07. The lowest BCUT2D eigenvalue weighted by atomic mass is 10.3. The zero-order valence-electron chi connectivity index (χ0n) is 13.8. The summed E-state index contributed by atoms with van der Waals surface area (Å²) in [4.78, 5) is 2.28. The summed E-state index contributed by atoms with van der Waals surface area (Å²) in [6.07, 6.45) is 6.07. The van der Waals surface area contributed by atoms with Crippen LogP contribution in [-0.2, 0) is 6.54 Å². The van der Waals surface area contributed by atoms with Crippen LogP contribution in [0.4, 0.5) is 5.69 Å². The van der Waals surface area contributed by atoms with Gasteiger partial charge in [0.25, 0.3) is 0 Å². The molecule has 1 aromatic carbocycles. The zero-order chi connectivity index (χ0) is 16.5. The van der Waals surface area contributed by atoms with Crippen LogP contribution in [0.1, 0.15) is 5.56 Å². The first kappa shape index (κ1) is 17.5. The van der Waals surface area contributed by atoms with E-state index in [9.17, 15) is 0 Å². The number of rotatable bonds is 8. The molecule has 0 fully saturated rings. The predicted molar refractivity (Wildman–Crippen MR) is 100 cm³/mol. The van der Waals surface area contributed by atoms with Gasteiger partial charge in [0.15, 0.2) is 18.9 Å². The van der Waals surface area contributed by atoms with Gasteiger partial charge in [0, 0.05) is 37.0 Å². The van der Waals surface area contributed by atoms with E-state index in [1.807, 2.05) is 48.6 Å². The van der Waals surface area contributed by atoms with Gasteiger partial charge in [-0.15, -0.1) is 0 Å². The number of aromatic nitrogens is 1. The summed E-state index contributed by atoms with van der Waals surface area (Å²) in [5.41, 5.74) is 2.16. The maximum absolute atomic E-state index is 4.48. The number of hydrazone groups is 1. The molecule has 2 rings (SSSR count). The van der Waals surface area contributed by atoms with E-state index in [1.54, 1.807) is 0 Å². The number of pyridine rings is 1. The molecular formula is C18H25N4S+. The van der Waals surface area contributed by atoms with Crippen molar-refractivity contribution in [2.24, 2.45) is 5.10 Å². The highest BCUT2D eigenvalue weighted by molar-refractivity contribution is 7.80. The van der Waals surface area contributed by atoms with E-state index in [4.69, 9.17) is 0 Å². The Morgan fingerprint density at radius 3 is 2.39 bits per heavy atom. The lowest BCUT2D eigenvalue weighted by Crippen LogP contribution is -2.39. The zero-order valence-corrected chi connectivity index (χ0v) is 14.7. The second-order valence-corrected chi connectivity index (χ2v) is 5.95. The average molecular weight is 329 g/mol. The van der Waals surface area contributed by atoms with Crippen molar-refractivity contribution in [1.82, 2.24) is 4.90 Å². The fourth-order valence-electron chi connectivity index (χ4n) is 2.14. The third kappa shape index (κ3) is 6.04. The average Bonchev–Trinajstić information content (AvgIpc) is 2.60. The van der Waals surface area contributed by atoms with Crippen LogP contribution in [0.25, 0.3) is 0 Å². The molecule has 0 atom stereocenters. The molecule has 0 N–H and O–H groups in total. The molecule has 0 saturated carbocycles. The molecule has 0 aliphatic carbocycles. The number of benzene rings is 1. The Morgan fingerprint density at radius 1 is 1.04 bits per heavy atom. The molecule has 0 aliphatic heterocycles. The summed E-state index contributed by atoms with van der Waals surface area (Å²) < 4.78 is 2.19. The number of anilines is 1. The Labute approximate surface area is 144 Å². The van der Waals surface area contributed by atoms with Crippen LogP contribution >= 0.6 is 12.6 Å². The minimum Gasteiger partial charge on any atom is -0.300 e. The fourth-order valence-corrected chi connectivity index (χ4v) is 2.48. The quantitative estimate of drug-likeness (QED) is 0.348. The predicted octanol–water partition coefficient (Wildman–Crippen LogP) is 2.31. The molecule has 0 radical (unpaired) electrons. The van der Waals surface area contributed by atoms with Gasteiger partial charge in [-0.25, -0.2) is 4.57 Å². The highest BCUT2D eigenvalue weighted by Gasteiger charge is 2.03. The van der Waals surface area contributed by atoms with Crippen LogP contribution in [0, 0.1) is 0 Å². The minimum atomic E-state index is 0.894. The maximum Gasteiger partial charge on any atom is 0.169 e. The lowest BCUT2D eigenvalue weighted by molar-refractivity contribution is -0.696. The van der Waals surface area contributed by atoms with Gasteiger partial charge in [-0.2, -0.15) is 17.7 Å². The minimum absolute atomic E-state index is 0.894. The van der Waals surface area contributed by atoms with Gasteiger partial charge < -0.3 is 0 Å². The standard InChI is InChI=1S/C18H24N4S/c1-20(14-15-23)12-13-22-10-8-17(9-11-22)16-19-21(2)18-6-4-3-5-7-18/h3-11,16H,12-15H2,1-2H3/p+1. The van der Waals surface area contributed by atoms with Crippen LogP contribution in [0.5, 0.6) is 0 Å². The number of likely N-dealkylation sites (N-methyl/N-ethyl adjacent to an activating group) is 1. The van der Waals surface area contributed by atoms with Crippen molar-refractivity contribution in [3.05, 3.63) is 60.4 Å². The van der Waals surface area contributed by atoms with E-state index in [0.29, 0.717) is 0 Å². The number of nitrogens with zero attached hydrogens (tertiary/aromatic N) is 4. The largest absolute Gasteiger partial charge is 0.300 e. The van der Waals surface area contributed by atoms with Crippen LogP contribution < -0.4 is 9.58 Å². The van der Waals surface area contributed by atoms with Crippen molar-refractivity contribution in [2.75, 3.05) is 37.9 Å². The Bertz CT molecular complexity index is 598. The third-order valence-corrected chi connectivity index (χ3v) is 3.85. The maximum atomic E-state index is 4.48. The fraction of sp³-hybridized carbons (Fsp3) is 0.333. The van der Waals surface area contributed by atoms with Gasteiger partial charge in [0.1, 0.15) is 0 Å². The molecule has 2 aromatic rings. The summed E-state index contributed by atoms with van der Waals surface area (Å²) in [5, 5.41) is 6.34. The van der Waals surface area contributed by atoms with Crippen molar-refractivity contribution < 1.29 is 4.57 Å². The van der Waals surface area contributed by atoms with Crippen molar-refractivity contribution >= 4 is 24.5 Å². The normalized spacial score (nSPS) is 11.3. The van der Waals surface area contributed by atoms with Crippen LogP contribution in [0.2, 0.25) is 0 Å². The smallest absolute Gasteiger partial charge is 0.169 e. The van der Waals surface area contributed by atoms with E-state index in [1.165, 1.54) is 0 Å². The Morgan fingerprint density at radius 2 is 1.74 bits per heavy atom. The second kappa shape index (κ2) is 9.33. The molecule has 0 spiro atoms.